The summed E-state index contributed by atoms with van der Waals surface area (Å²) >= 11 is 7.00. The van der Waals surface area contributed by atoms with Crippen LogP contribution >= 0.6 is 38.6 Å². The first-order valence-corrected chi connectivity index (χ1v) is 7.08. The van der Waals surface area contributed by atoms with Crippen molar-refractivity contribution >= 4 is 44.7 Å². The summed E-state index contributed by atoms with van der Waals surface area (Å²) in [6.07, 6.45) is 4.26. The lowest BCUT2D eigenvalue weighted by Gasteiger charge is -1.87. The number of rotatable bonds is 3. The third-order valence-electron chi connectivity index (χ3n) is 1.76. The summed E-state index contributed by atoms with van der Waals surface area (Å²) in [5, 5.41) is 3.03. The second-order valence-electron chi connectivity index (χ2n) is 2.74. The zero-order valence-corrected chi connectivity index (χ0v) is 10.7. The second-order valence-corrected chi connectivity index (χ2v) is 5.45. The molecule has 0 N–H and O–H groups in total. The molecule has 3 heteroatoms. The quantitative estimate of drug-likeness (QED) is 0.705. The van der Waals surface area contributed by atoms with E-state index in [2.05, 4.69) is 57.7 Å². The van der Waals surface area contributed by atoms with Gasteiger partial charge in [0.15, 0.2) is 0 Å². The molecule has 0 nitrogen and oxygen atoms in total. The first-order chi connectivity index (χ1) is 6.90. The van der Waals surface area contributed by atoms with Gasteiger partial charge in [-0.1, -0.05) is 28.1 Å². The van der Waals surface area contributed by atoms with E-state index >= 15 is 0 Å². The van der Waals surface area contributed by atoms with Crippen LogP contribution in [-0.2, 0) is 0 Å². The van der Waals surface area contributed by atoms with Crippen LogP contribution in [-0.4, -0.2) is 5.33 Å². The molecule has 0 aliphatic carbocycles. The van der Waals surface area contributed by atoms with Crippen molar-refractivity contribution in [1.82, 2.24) is 0 Å². The maximum Gasteiger partial charge on any atom is 0.0448 e. The Labute approximate surface area is 100 Å². The predicted molar refractivity (Wildman–Crippen MR) is 70.5 cm³/mol. The molecular weight excluding hydrogens is 276 g/mol. The third kappa shape index (κ3) is 2.35. The molecule has 2 rings (SSSR count). The van der Waals surface area contributed by atoms with Crippen LogP contribution < -0.4 is 0 Å². The van der Waals surface area contributed by atoms with E-state index in [0.29, 0.717) is 0 Å². The molecule has 0 aromatic carbocycles. The van der Waals surface area contributed by atoms with Crippen LogP contribution in [0.25, 0.3) is 15.8 Å². The van der Waals surface area contributed by atoms with Gasteiger partial charge in [-0.15, -0.1) is 22.7 Å². The maximum absolute atomic E-state index is 3.37. The highest BCUT2D eigenvalue weighted by Gasteiger charge is 2.00. The van der Waals surface area contributed by atoms with Gasteiger partial charge in [0, 0.05) is 20.0 Å². The van der Waals surface area contributed by atoms with Crippen molar-refractivity contribution in [3.63, 3.8) is 0 Å². The molecule has 0 spiro atoms. The van der Waals surface area contributed by atoms with Crippen LogP contribution in [0.1, 0.15) is 4.88 Å². The van der Waals surface area contributed by atoms with Crippen molar-refractivity contribution in [2.75, 3.05) is 5.33 Å². The minimum absolute atomic E-state index is 0.916. The van der Waals surface area contributed by atoms with E-state index in [-0.39, 0.29) is 0 Å². The number of hydrogen-bond acceptors (Lipinski definition) is 2. The van der Waals surface area contributed by atoms with Crippen molar-refractivity contribution < 1.29 is 0 Å². The van der Waals surface area contributed by atoms with Gasteiger partial charge in [0.1, 0.15) is 0 Å². The summed E-state index contributed by atoms with van der Waals surface area (Å²) in [5.41, 5.74) is 0. The average molecular weight is 285 g/mol. The fourth-order valence-corrected chi connectivity index (χ4v) is 3.11. The molecular formula is C11H9BrS2. The summed E-state index contributed by atoms with van der Waals surface area (Å²) in [6.45, 7) is 0. The van der Waals surface area contributed by atoms with Gasteiger partial charge >= 0.3 is 0 Å². The molecule has 0 bridgehead atoms. The van der Waals surface area contributed by atoms with Crippen molar-refractivity contribution in [1.29, 1.82) is 0 Å². The first kappa shape index (κ1) is 10.1. The maximum atomic E-state index is 3.37. The second kappa shape index (κ2) is 4.91. The molecule has 72 valence electrons. The molecule has 0 fully saturated rings. The Kier molecular flexibility index (Phi) is 3.56. The van der Waals surface area contributed by atoms with E-state index < -0.39 is 0 Å². The monoisotopic (exact) mass is 284 g/mol. The van der Waals surface area contributed by atoms with E-state index in [1.165, 1.54) is 14.6 Å². The lowest BCUT2D eigenvalue weighted by atomic mass is 10.3. The van der Waals surface area contributed by atoms with E-state index in [1.807, 2.05) is 11.3 Å². The van der Waals surface area contributed by atoms with Gasteiger partial charge in [-0.05, 0) is 29.7 Å². The van der Waals surface area contributed by atoms with Crippen molar-refractivity contribution in [3.05, 3.63) is 40.6 Å². The van der Waals surface area contributed by atoms with E-state index in [1.54, 1.807) is 11.3 Å². The molecule has 0 radical (unpaired) electrons. The lowest BCUT2D eigenvalue weighted by molar-refractivity contribution is 1.84. The average Bonchev–Trinajstić information content (AvgIpc) is 2.85. The Balaban J connectivity index is 2.22. The van der Waals surface area contributed by atoms with Gasteiger partial charge in [0.2, 0.25) is 0 Å². The summed E-state index contributed by atoms with van der Waals surface area (Å²) in [6, 6.07) is 8.60. The minimum Gasteiger partial charge on any atom is -0.143 e. The van der Waals surface area contributed by atoms with Crippen molar-refractivity contribution in [2.45, 2.75) is 0 Å². The van der Waals surface area contributed by atoms with Gasteiger partial charge in [-0.3, -0.25) is 0 Å². The first-order valence-electron chi connectivity index (χ1n) is 4.26. The molecule has 0 atom stereocenters. The number of halogens is 1. The van der Waals surface area contributed by atoms with Crippen LogP contribution in [0.4, 0.5) is 0 Å². The minimum atomic E-state index is 0.916. The van der Waals surface area contributed by atoms with Gasteiger partial charge in [-0.2, -0.15) is 0 Å². The molecule has 14 heavy (non-hydrogen) atoms. The fraction of sp³-hybridized carbons (Fsp3) is 0.0909. The van der Waals surface area contributed by atoms with Crippen LogP contribution in [0.2, 0.25) is 0 Å². The smallest absolute Gasteiger partial charge is 0.0448 e. The SMILES string of the molecule is BrCC=Cc1ccc(-c2cccs2)s1. The fourth-order valence-electron chi connectivity index (χ4n) is 1.15. The molecule has 0 unspecified atom stereocenters. The third-order valence-corrected chi connectivity index (χ3v) is 4.25. The van der Waals surface area contributed by atoms with Gasteiger partial charge in [0.05, 0.1) is 0 Å². The molecule has 2 heterocycles. The number of thiophene rings is 2. The Morgan fingerprint density at radius 2 is 2.14 bits per heavy atom. The Bertz CT molecular complexity index is 412. The molecule has 2 aromatic heterocycles. The Morgan fingerprint density at radius 3 is 2.86 bits per heavy atom. The highest BCUT2D eigenvalue weighted by atomic mass is 79.9. The van der Waals surface area contributed by atoms with E-state index in [0.717, 1.165) is 5.33 Å². The standard InChI is InChI=1S/C11H9BrS2/c12-7-1-3-9-5-6-11(14-9)10-4-2-8-13-10/h1-6,8H,7H2. The summed E-state index contributed by atoms with van der Waals surface area (Å²) in [5.74, 6) is 0. The summed E-state index contributed by atoms with van der Waals surface area (Å²) in [7, 11) is 0. The molecule has 0 saturated heterocycles. The zero-order chi connectivity index (χ0) is 9.80. The van der Waals surface area contributed by atoms with Gasteiger partial charge < -0.3 is 0 Å². The Morgan fingerprint density at radius 1 is 1.21 bits per heavy atom. The molecule has 0 amide bonds. The normalized spacial score (nSPS) is 11.2. The van der Waals surface area contributed by atoms with Crippen molar-refractivity contribution in [3.8, 4) is 9.75 Å². The number of allylic oxidation sites excluding steroid dienone is 1. The highest BCUT2D eigenvalue weighted by Crippen LogP contribution is 2.31. The van der Waals surface area contributed by atoms with Crippen LogP contribution in [0.3, 0.4) is 0 Å². The summed E-state index contributed by atoms with van der Waals surface area (Å²) < 4.78 is 0. The molecule has 2 aromatic rings. The van der Waals surface area contributed by atoms with Gasteiger partial charge in [0.25, 0.3) is 0 Å². The Hall–Kier alpha value is -0.380. The zero-order valence-electron chi connectivity index (χ0n) is 7.44. The topological polar surface area (TPSA) is 0 Å². The van der Waals surface area contributed by atoms with Crippen LogP contribution in [0, 0.1) is 0 Å². The van der Waals surface area contributed by atoms with E-state index in [4.69, 9.17) is 0 Å². The molecule has 0 aliphatic rings. The molecule has 0 saturated carbocycles. The lowest BCUT2D eigenvalue weighted by Crippen LogP contribution is -1.58. The number of alkyl halides is 1. The largest absolute Gasteiger partial charge is 0.143 e. The van der Waals surface area contributed by atoms with Crippen LogP contribution in [0.5, 0.6) is 0 Å². The molecule has 0 aliphatic heterocycles. The predicted octanol–water partition coefficient (Wildman–Crippen LogP) is 4.88. The highest BCUT2D eigenvalue weighted by molar-refractivity contribution is 9.09. The van der Waals surface area contributed by atoms with Gasteiger partial charge in [-0.25, -0.2) is 0 Å². The van der Waals surface area contributed by atoms with Crippen LogP contribution in [0.15, 0.2) is 35.7 Å². The van der Waals surface area contributed by atoms with Crippen molar-refractivity contribution in [2.24, 2.45) is 0 Å². The summed E-state index contributed by atoms with van der Waals surface area (Å²) in [4.78, 5) is 4.02. The van der Waals surface area contributed by atoms with E-state index in [9.17, 15) is 0 Å². The number of hydrogen-bond donors (Lipinski definition) is 0.